The Morgan fingerprint density at radius 1 is 1.00 bits per heavy atom. The molecular formula is C16H15N5O2. The molecule has 1 aromatic heterocycles. The Bertz CT molecular complexity index is 872. The Labute approximate surface area is 132 Å². The molecule has 0 unspecified atom stereocenters. The number of benzene rings is 2. The standard InChI is InChI=1S/C16H15N5O2/c1-17-16(23)19-11-6-4-5-10(9-11)18-15(22)14-12-7-2-3-8-13(12)20-21-14/h2-9H,1H3,(H,18,22)(H,20,21)(H2,17,19,23). The molecule has 116 valence electrons. The van der Waals surface area contributed by atoms with Gasteiger partial charge >= 0.3 is 6.03 Å². The van der Waals surface area contributed by atoms with Crippen LogP contribution in [0.1, 0.15) is 10.5 Å². The molecule has 2 aromatic carbocycles. The lowest BCUT2D eigenvalue weighted by Crippen LogP contribution is -2.24. The molecule has 0 saturated heterocycles. The van der Waals surface area contributed by atoms with Crippen LogP contribution in [0.3, 0.4) is 0 Å². The van der Waals surface area contributed by atoms with Gasteiger partial charge < -0.3 is 16.0 Å². The Balaban J connectivity index is 1.80. The van der Waals surface area contributed by atoms with Gasteiger partial charge in [-0.05, 0) is 24.3 Å². The minimum atomic E-state index is -0.327. The molecule has 0 bridgehead atoms. The van der Waals surface area contributed by atoms with E-state index in [-0.39, 0.29) is 11.9 Å². The average Bonchev–Trinajstić information content (AvgIpc) is 2.99. The first-order valence-corrected chi connectivity index (χ1v) is 7.00. The molecule has 0 saturated carbocycles. The second-order valence-corrected chi connectivity index (χ2v) is 4.86. The summed E-state index contributed by atoms with van der Waals surface area (Å²) in [6, 6.07) is 14.0. The van der Waals surface area contributed by atoms with Gasteiger partial charge in [0.2, 0.25) is 0 Å². The number of nitrogens with one attached hydrogen (secondary N) is 4. The van der Waals surface area contributed by atoms with Gasteiger partial charge in [-0.1, -0.05) is 24.3 Å². The van der Waals surface area contributed by atoms with Crippen LogP contribution in [0.4, 0.5) is 16.2 Å². The lowest BCUT2D eigenvalue weighted by Gasteiger charge is -2.07. The van der Waals surface area contributed by atoms with Crippen LogP contribution in [0.5, 0.6) is 0 Å². The first-order chi connectivity index (χ1) is 11.2. The molecule has 23 heavy (non-hydrogen) atoms. The fourth-order valence-corrected chi connectivity index (χ4v) is 2.20. The van der Waals surface area contributed by atoms with Crippen LogP contribution >= 0.6 is 0 Å². The van der Waals surface area contributed by atoms with Crippen molar-refractivity contribution in [2.24, 2.45) is 0 Å². The molecular weight excluding hydrogens is 294 g/mol. The highest BCUT2D eigenvalue weighted by Gasteiger charge is 2.14. The molecule has 0 aliphatic carbocycles. The topological polar surface area (TPSA) is 98.9 Å². The number of amides is 3. The Morgan fingerprint density at radius 3 is 2.52 bits per heavy atom. The first kappa shape index (κ1) is 14.6. The number of aromatic nitrogens is 2. The van der Waals surface area contributed by atoms with Crippen molar-refractivity contribution in [1.29, 1.82) is 0 Å². The number of hydrogen-bond acceptors (Lipinski definition) is 3. The second-order valence-electron chi connectivity index (χ2n) is 4.86. The van der Waals surface area contributed by atoms with E-state index in [0.717, 1.165) is 10.9 Å². The summed E-state index contributed by atoms with van der Waals surface area (Å²) >= 11 is 0. The number of urea groups is 1. The van der Waals surface area contributed by atoms with Gasteiger partial charge in [-0.15, -0.1) is 0 Å². The van der Waals surface area contributed by atoms with Gasteiger partial charge in [0.05, 0.1) is 5.52 Å². The molecule has 3 rings (SSSR count). The van der Waals surface area contributed by atoms with Crippen LogP contribution in [0.25, 0.3) is 10.9 Å². The number of nitrogens with zero attached hydrogens (tertiary/aromatic N) is 1. The smallest absolute Gasteiger partial charge is 0.318 e. The van der Waals surface area contributed by atoms with Crippen molar-refractivity contribution in [3.63, 3.8) is 0 Å². The summed E-state index contributed by atoms with van der Waals surface area (Å²) in [6.45, 7) is 0. The van der Waals surface area contributed by atoms with E-state index >= 15 is 0 Å². The van der Waals surface area contributed by atoms with Crippen LogP contribution in [-0.2, 0) is 0 Å². The van der Waals surface area contributed by atoms with Crippen molar-refractivity contribution in [2.75, 3.05) is 17.7 Å². The number of hydrogen-bond donors (Lipinski definition) is 4. The number of carbonyl (C=O) groups is 2. The zero-order valence-electron chi connectivity index (χ0n) is 12.4. The van der Waals surface area contributed by atoms with Crippen molar-refractivity contribution in [3.8, 4) is 0 Å². The largest absolute Gasteiger partial charge is 0.341 e. The van der Waals surface area contributed by atoms with Gasteiger partial charge in [0.15, 0.2) is 5.69 Å². The highest BCUT2D eigenvalue weighted by molar-refractivity contribution is 6.11. The predicted octanol–water partition coefficient (Wildman–Crippen LogP) is 2.57. The summed E-state index contributed by atoms with van der Waals surface area (Å²) < 4.78 is 0. The van der Waals surface area contributed by atoms with E-state index in [1.54, 1.807) is 24.3 Å². The maximum atomic E-state index is 12.4. The molecule has 3 aromatic rings. The number of H-pyrrole nitrogens is 1. The summed E-state index contributed by atoms with van der Waals surface area (Å²) in [5.74, 6) is -0.320. The number of para-hydroxylation sites is 1. The molecule has 0 fully saturated rings. The Morgan fingerprint density at radius 2 is 1.74 bits per heavy atom. The summed E-state index contributed by atoms with van der Waals surface area (Å²) in [6.07, 6.45) is 0. The maximum absolute atomic E-state index is 12.4. The summed E-state index contributed by atoms with van der Waals surface area (Å²) in [5.41, 5.74) is 2.27. The average molecular weight is 309 g/mol. The third-order valence-electron chi connectivity index (χ3n) is 3.29. The third kappa shape index (κ3) is 3.13. The lowest BCUT2D eigenvalue weighted by atomic mass is 10.2. The van der Waals surface area contributed by atoms with E-state index in [4.69, 9.17) is 0 Å². The van der Waals surface area contributed by atoms with Crippen molar-refractivity contribution in [1.82, 2.24) is 15.5 Å². The molecule has 1 heterocycles. The SMILES string of the molecule is CNC(=O)Nc1cccc(NC(=O)c2n[nH]c3ccccc23)c1. The quantitative estimate of drug-likeness (QED) is 0.598. The zero-order valence-corrected chi connectivity index (χ0v) is 12.4. The number of fused-ring (bicyclic) bond motifs is 1. The maximum Gasteiger partial charge on any atom is 0.318 e. The fraction of sp³-hybridized carbons (Fsp3) is 0.0625. The Hall–Kier alpha value is -3.35. The summed E-state index contributed by atoms with van der Waals surface area (Å²) in [4.78, 5) is 23.7. The molecule has 0 radical (unpaired) electrons. The highest BCUT2D eigenvalue weighted by atomic mass is 16.2. The van der Waals surface area contributed by atoms with E-state index in [1.165, 1.54) is 7.05 Å². The zero-order chi connectivity index (χ0) is 16.2. The summed E-state index contributed by atoms with van der Waals surface area (Å²) in [5, 5.41) is 15.5. The molecule has 0 spiro atoms. The molecule has 3 amide bonds. The number of carbonyl (C=O) groups excluding carboxylic acids is 2. The van der Waals surface area contributed by atoms with Gasteiger partial charge in [-0.2, -0.15) is 5.10 Å². The molecule has 7 nitrogen and oxygen atoms in total. The van der Waals surface area contributed by atoms with Crippen LogP contribution in [0.15, 0.2) is 48.5 Å². The molecule has 7 heteroatoms. The number of aromatic amines is 1. The molecule has 0 atom stereocenters. The van der Waals surface area contributed by atoms with Crippen molar-refractivity contribution in [3.05, 3.63) is 54.2 Å². The monoisotopic (exact) mass is 309 g/mol. The summed E-state index contributed by atoms with van der Waals surface area (Å²) in [7, 11) is 1.53. The van der Waals surface area contributed by atoms with Crippen molar-refractivity contribution >= 4 is 34.2 Å². The van der Waals surface area contributed by atoms with Crippen molar-refractivity contribution < 1.29 is 9.59 Å². The lowest BCUT2D eigenvalue weighted by molar-refractivity contribution is 0.102. The van der Waals surface area contributed by atoms with Crippen molar-refractivity contribution in [2.45, 2.75) is 0 Å². The minimum absolute atomic E-state index is 0.320. The van der Waals surface area contributed by atoms with Crippen LogP contribution in [0, 0.1) is 0 Å². The van der Waals surface area contributed by atoms with Crippen LogP contribution in [-0.4, -0.2) is 29.2 Å². The van der Waals surface area contributed by atoms with Gasteiger partial charge in [0, 0.05) is 23.8 Å². The number of rotatable bonds is 3. The fourth-order valence-electron chi connectivity index (χ4n) is 2.20. The number of anilines is 2. The van der Waals surface area contributed by atoms with Gasteiger partial charge in [-0.25, -0.2) is 4.79 Å². The first-order valence-electron chi connectivity index (χ1n) is 7.00. The molecule has 4 N–H and O–H groups in total. The van der Waals surface area contributed by atoms with E-state index in [0.29, 0.717) is 17.1 Å². The van der Waals surface area contributed by atoms with Crippen LogP contribution in [0.2, 0.25) is 0 Å². The molecule has 0 aliphatic heterocycles. The van der Waals surface area contributed by atoms with E-state index in [9.17, 15) is 9.59 Å². The van der Waals surface area contributed by atoms with E-state index in [2.05, 4.69) is 26.1 Å². The van der Waals surface area contributed by atoms with Gasteiger partial charge in [0.25, 0.3) is 5.91 Å². The predicted molar refractivity (Wildman–Crippen MR) is 88.6 cm³/mol. The molecule has 0 aliphatic rings. The Kier molecular flexibility index (Phi) is 3.92. The second kappa shape index (κ2) is 6.18. The van der Waals surface area contributed by atoms with Gasteiger partial charge in [-0.3, -0.25) is 9.89 Å². The normalized spacial score (nSPS) is 10.3. The van der Waals surface area contributed by atoms with E-state index < -0.39 is 0 Å². The minimum Gasteiger partial charge on any atom is -0.341 e. The van der Waals surface area contributed by atoms with E-state index in [1.807, 2.05) is 24.3 Å². The van der Waals surface area contributed by atoms with Gasteiger partial charge in [0.1, 0.15) is 0 Å². The third-order valence-corrected chi connectivity index (χ3v) is 3.29. The van der Waals surface area contributed by atoms with Crippen LogP contribution < -0.4 is 16.0 Å². The highest BCUT2D eigenvalue weighted by Crippen LogP contribution is 2.19.